The van der Waals surface area contributed by atoms with Crippen LogP contribution in [0.3, 0.4) is 0 Å². The standard InChI is InChI=1S/C10H14BrFN2O/c1-14(2)3-4-15-10-5-7(11)8(12)6-9(10)13/h5-6H,3-4,13H2,1-2H3. The van der Waals surface area contributed by atoms with Crippen LogP contribution < -0.4 is 10.5 Å². The van der Waals surface area contributed by atoms with E-state index in [9.17, 15) is 4.39 Å². The Balaban J connectivity index is 2.65. The van der Waals surface area contributed by atoms with Gasteiger partial charge in [0.25, 0.3) is 0 Å². The van der Waals surface area contributed by atoms with Gasteiger partial charge in [0, 0.05) is 12.6 Å². The molecule has 0 aromatic heterocycles. The summed E-state index contributed by atoms with van der Waals surface area (Å²) in [5.74, 6) is 0.123. The molecule has 5 heteroatoms. The Kier molecular flexibility index (Phi) is 4.35. The Bertz CT molecular complexity index is 344. The molecule has 0 aliphatic rings. The van der Waals surface area contributed by atoms with E-state index in [-0.39, 0.29) is 5.82 Å². The predicted octanol–water partition coefficient (Wildman–Crippen LogP) is 2.11. The van der Waals surface area contributed by atoms with E-state index in [0.29, 0.717) is 22.5 Å². The van der Waals surface area contributed by atoms with Crippen molar-refractivity contribution in [2.24, 2.45) is 0 Å². The van der Waals surface area contributed by atoms with Crippen LogP contribution in [-0.2, 0) is 0 Å². The molecule has 1 aromatic carbocycles. The maximum Gasteiger partial charge on any atom is 0.143 e. The quantitative estimate of drug-likeness (QED) is 0.857. The van der Waals surface area contributed by atoms with Gasteiger partial charge in [-0.2, -0.15) is 0 Å². The fourth-order valence-electron chi connectivity index (χ4n) is 1.01. The number of likely N-dealkylation sites (N-methyl/N-ethyl adjacent to an activating group) is 1. The van der Waals surface area contributed by atoms with Gasteiger partial charge < -0.3 is 15.4 Å². The topological polar surface area (TPSA) is 38.5 Å². The first kappa shape index (κ1) is 12.3. The summed E-state index contributed by atoms with van der Waals surface area (Å²) in [7, 11) is 3.90. The molecule has 84 valence electrons. The Morgan fingerprint density at radius 2 is 2.13 bits per heavy atom. The molecule has 15 heavy (non-hydrogen) atoms. The molecule has 0 spiro atoms. The zero-order chi connectivity index (χ0) is 11.4. The summed E-state index contributed by atoms with van der Waals surface area (Å²) in [5.41, 5.74) is 5.92. The first-order chi connectivity index (χ1) is 7.00. The van der Waals surface area contributed by atoms with Crippen LogP contribution in [0.5, 0.6) is 5.75 Å². The highest BCUT2D eigenvalue weighted by atomic mass is 79.9. The van der Waals surface area contributed by atoms with Gasteiger partial charge in [-0.1, -0.05) is 0 Å². The van der Waals surface area contributed by atoms with Gasteiger partial charge in [0.2, 0.25) is 0 Å². The van der Waals surface area contributed by atoms with Crippen molar-refractivity contribution in [1.82, 2.24) is 4.90 Å². The predicted molar refractivity (Wildman–Crippen MR) is 62.6 cm³/mol. The van der Waals surface area contributed by atoms with Crippen molar-refractivity contribution in [2.75, 3.05) is 33.0 Å². The van der Waals surface area contributed by atoms with Crippen molar-refractivity contribution in [3.63, 3.8) is 0 Å². The lowest BCUT2D eigenvalue weighted by Crippen LogP contribution is -2.19. The van der Waals surface area contributed by atoms with Gasteiger partial charge >= 0.3 is 0 Å². The van der Waals surface area contributed by atoms with Crippen LogP contribution in [0, 0.1) is 5.82 Å². The summed E-state index contributed by atoms with van der Waals surface area (Å²) < 4.78 is 18.8. The first-order valence-electron chi connectivity index (χ1n) is 4.52. The third-order valence-electron chi connectivity index (χ3n) is 1.85. The second-order valence-corrected chi connectivity index (χ2v) is 4.31. The van der Waals surface area contributed by atoms with E-state index in [4.69, 9.17) is 10.5 Å². The van der Waals surface area contributed by atoms with Gasteiger partial charge in [0.1, 0.15) is 18.2 Å². The van der Waals surface area contributed by atoms with Gasteiger partial charge in [0.15, 0.2) is 0 Å². The number of hydrogen-bond acceptors (Lipinski definition) is 3. The fourth-order valence-corrected chi connectivity index (χ4v) is 1.33. The lowest BCUT2D eigenvalue weighted by molar-refractivity contribution is 0.262. The molecule has 0 saturated carbocycles. The van der Waals surface area contributed by atoms with E-state index in [0.717, 1.165) is 6.54 Å². The van der Waals surface area contributed by atoms with Crippen molar-refractivity contribution in [1.29, 1.82) is 0 Å². The number of halogens is 2. The minimum Gasteiger partial charge on any atom is -0.490 e. The van der Waals surface area contributed by atoms with Crippen molar-refractivity contribution >= 4 is 21.6 Å². The van der Waals surface area contributed by atoms with Gasteiger partial charge in [-0.25, -0.2) is 4.39 Å². The molecule has 0 unspecified atom stereocenters. The molecule has 0 fully saturated rings. The second kappa shape index (κ2) is 5.32. The summed E-state index contributed by atoms with van der Waals surface area (Å²) in [6, 6.07) is 2.79. The van der Waals surface area contributed by atoms with Gasteiger partial charge in [-0.05, 0) is 36.1 Å². The highest BCUT2D eigenvalue weighted by Gasteiger charge is 2.06. The minimum atomic E-state index is -0.382. The Hall–Kier alpha value is -0.810. The van der Waals surface area contributed by atoms with E-state index in [2.05, 4.69) is 15.9 Å². The minimum absolute atomic E-state index is 0.314. The zero-order valence-corrected chi connectivity index (χ0v) is 10.3. The van der Waals surface area contributed by atoms with Crippen molar-refractivity contribution in [3.8, 4) is 5.75 Å². The van der Waals surface area contributed by atoms with Crippen molar-refractivity contribution < 1.29 is 9.13 Å². The number of benzene rings is 1. The molecule has 0 saturated heterocycles. The number of hydrogen-bond donors (Lipinski definition) is 1. The van der Waals surface area contributed by atoms with Gasteiger partial charge in [0.05, 0.1) is 10.2 Å². The van der Waals surface area contributed by atoms with Crippen LogP contribution in [0.25, 0.3) is 0 Å². The monoisotopic (exact) mass is 276 g/mol. The fraction of sp³-hybridized carbons (Fsp3) is 0.400. The van der Waals surface area contributed by atoms with Gasteiger partial charge in [-0.15, -0.1) is 0 Å². The van der Waals surface area contributed by atoms with Crippen LogP contribution >= 0.6 is 15.9 Å². The smallest absolute Gasteiger partial charge is 0.143 e. The van der Waals surface area contributed by atoms with Crippen LogP contribution in [0.15, 0.2) is 16.6 Å². The van der Waals surface area contributed by atoms with Crippen LogP contribution in [-0.4, -0.2) is 32.1 Å². The lowest BCUT2D eigenvalue weighted by Gasteiger charge is -2.12. The molecule has 0 amide bonds. The number of anilines is 1. The third kappa shape index (κ3) is 3.68. The summed E-state index contributed by atoms with van der Waals surface area (Å²) >= 11 is 3.08. The molecular formula is C10H14BrFN2O. The molecule has 0 bridgehead atoms. The summed E-state index contributed by atoms with van der Waals surface area (Å²) in [6.45, 7) is 1.31. The van der Waals surface area contributed by atoms with E-state index in [1.54, 1.807) is 6.07 Å². The second-order valence-electron chi connectivity index (χ2n) is 3.46. The van der Waals surface area contributed by atoms with Crippen LogP contribution in [0.4, 0.5) is 10.1 Å². The maximum absolute atomic E-state index is 13.0. The number of nitrogen functional groups attached to an aromatic ring is 1. The number of nitrogens with two attached hydrogens (primary N) is 1. The lowest BCUT2D eigenvalue weighted by atomic mass is 10.3. The molecule has 0 atom stereocenters. The average Bonchev–Trinajstić information content (AvgIpc) is 2.13. The Labute approximate surface area is 97.1 Å². The molecule has 0 heterocycles. The molecule has 1 aromatic rings. The highest BCUT2D eigenvalue weighted by Crippen LogP contribution is 2.28. The molecule has 2 N–H and O–H groups in total. The first-order valence-corrected chi connectivity index (χ1v) is 5.32. The van der Waals surface area contributed by atoms with E-state index in [1.165, 1.54) is 6.07 Å². The summed E-state index contributed by atoms with van der Waals surface area (Å²) in [5, 5.41) is 0. The summed E-state index contributed by atoms with van der Waals surface area (Å²) in [6.07, 6.45) is 0. The molecular weight excluding hydrogens is 263 g/mol. The largest absolute Gasteiger partial charge is 0.490 e. The number of rotatable bonds is 4. The molecule has 0 radical (unpaired) electrons. The highest BCUT2D eigenvalue weighted by molar-refractivity contribution is 9.10. The molecule has 0 aliphatic heterocycles. The molecule has 0 aliphatic carbocycles. The average molecular weight is 277 g/mol. The zero-order valence-electron chi connectivity index (χ0n) is 8.76. The normalized spacial score (nSPS) is 10.7. The number of nitrogens with zero attached hydrogens (tertiary/aromatic N) is 1. The van der Waals surface area contributed by atoms with Crippen molar-refractivity contribution in [2.45, 2.75) is 0 Å². The third-order valence-corrected chi connectivity index (χ3v) is 2.46. The van der Waals surface area contributed by atoms with Crippen LogP contribution in [0.2, 0.25) is 0 Å². The SMILES string of the molecule is CN(C)CCOc1cc(Br)c(F)cc1N. The van der Waals surface area contributed by atoms with E-state index in [1.807, 2.05) is 19.0 Å². The summed E-state index contributed by atoms with van der Waals surface area (Å²) in [4.78, 5) is 1.99. The number of ether oxygens (including phenoxy) is 1. The Morgan fingerprint density at radius 3 is 2.73 bits per heavy atom. The molecule has 1 rings (SSSR count). The maximum atomic E-state index is 13.0. The molecule has 3 nitrogen and oxygen atoms in total. The Morgan fingerprint density at radius 1 is 1.47 bits per heavy atom. The van der Waals surface area contributed by atoms with Gasteiger partial charge in [-0.3, -0.25) is 0 Å². The van der Waals surface area contributed by atoms with Crippen LogP contribution in [0.1, 0.15) is 0 Å². The van der Waals surface area contributed by atoms with E-state index >= 15 is 0 Å². The van der Waals surface area contributed by atoms with Crippen molar-refractivity contribution in [3.05, 3.63) is 22.4 Å². The van der Waals surface area contributed by atoms with E-state index < -0.39 is 0 Å².